The number of carbonyl (C=O) groups is 1. The van der Waals surface area contributed by atoms with E-state index in [1.54, 1.807) is 17.0 Å². The van der Waals surface area contributed by atoms with Crippen LogP contribution in [0.3, 0.4) is 0 Å². The van der Waals surface area contributed by atoms with Crippen LogP contribution < -0.4 is 0 Å². The first-order valence-corrected chi connectivity index (χ1v) is 11.1. The van der Waals surface area contributed by atoms with Gasteiger partial charge in [0.05, 0.1) is 11.5 Å². The van der Waals surface area contributed by atoms with Gasteiger partial charge in [-0.25, -0.2) is 8.42 Å². The fourth-order valence-electron chi connectivity index (χ4n) is 3.44. The molecule has 1 fully saturated rings. The Morgan fingerprint density at radius 1 is 1.04 bits per heavy atom. The predicted octanol–water partition coefficient (Wildman–Crippen LogP) is 3.81. The van der Waals surface area contributed by atoms with Gasteiger partial charge in [0.15, 0.2) is 9.84 Å². The van der Waals surface area contributed by atoms with Crippen molar-refractivity contribution in [3.63, 3.8) is 0 Å². The van der Waals surface area contributed by atoms with Crippen molar-refractivity contribution in [2.24, 2.45) is 0 Å². The molecular weight excluding hydrogens is 358 g/mol. The molecule has 1 saturated heterocycles. The smallest absolute Gasteiger partial charge is 0.254 e. The highest BCUT2D eigenvalue weighted by Gasteiger charge is 2.35. The molecule has 0 radical (unpaired) electrons. The molecule has 5 heteroatoms. The average Bonchev–Trinajstić information content (AvgIpc) is 2.99. The van der Waals surface area contributed by atoms with Crippen molar-refractivity contribution in [1.82, 2.24) is 4.90 Å². The van der Waals surface area contributed by atoms with Crippen LogP contribution in [0.4, 0.5) is 0 Å². The second kappa shape index (κ2) is 7.47. The maximum absolute atomic E-state index is 13.1. The Bertz CT molecular complexity index is 897. The summed E-state index contributed by atoms with van der Waals surface area (Å²) in [5, 5.41) is 0. The van der Waals surface area contributed by atoms with Gasteiger partial charge < -0.3 is 4.90 Å². The van der Waals surface area contributed by atoms with Gasteiger partial charge in [0.1, 0.15) is 0 Å². The Labute approximate surface area is 162 Å². The van der Waals surface area contributed by atoms with E-state index in [9.17, 15) is 13.2 Å². The Morgan fingerprint density at radius 3 is 2.19 bits per heavy atom. The first-order chi connectivity index (χ1) is 12.7. The third-order valence-electron chi connectivity index (χ3n) is 5.10. The summed E-state index contributed by atoms with van der Waals surface area (Å²) in [4.78, 5) is 14.8. The lowest BCUT2D eigenvalue weighted by Crippen LogP contribution is -2.40. The fraction of sp³-hybridized carbons (Fsp3) is 0.409. The second-order valence-corrected chi connectivity index (χ2v) is 10.5. The standard InChI is InChI=1S/C22H27NO3S/c1-22(2,3)19-11-9-17(10-12-19)15-23(20-13-14-27(25,26)16-20)21(24)18-7-5-4-6-8-18/h4-12,20H,13-16H2,1-3H3/t20-/m1/s1. The molecule has 0 aliphatic carbocycles. The highest BCUT2D eigenvalue weighted by atomic mass is 32.2. The number of hydrogen-bond donors (Lipinski definition) is 0. The quantitative estimate of drug-likeness (QED) is 0.804. The van der Waals surface area contributed by atoms with Gasteiger partial charge in [-0.2, -0.15) is 0 Å². The maximum atomic E-state index is 13.1. The summed E-state index contributed by atoms with van der Waals surface area (Å²) >= 11 is 0. The largest absolute Gasteiger partial charge is 0.330 e. The van der Waals surface area contributed by atoms with E-state index in [2.05, 4.69) is 32.9 Å². The normalized spacial score (nSPS) is 19.0. The molecule has 4 nitrogen and oxygen atoms in total. The van der Waals surface area contributed by atoms with Crippen molar-refractivity contribution in [3.8, 4) is 0 Å². The van der Waals surface area contributed by atoms with Crippen molar-refractivity contribution < 1.29 is 13.2 Å². The van der Waals surface area contributed by atoms with Gasteiger partial charge in [0, 0.05) is 18.2 Å². The van der Waals surface area contributed by atoms with E-state index in [0.717, 1.165) is 5.56 Å². The zero-order chi connectivity index (χ0) is 19.7. The third kappa shape index (κ3) is 4.78. The van der Waals surface area contributed by atoms with E-state index in [0.29, 0.717) is 18.5 Å². The van der Waals surface area contributed by atoms with Crippen LogP contribution >= 0.6 is 0 Å². The van der Waals surface area contributed by atoms with Crippen LogP contribution in [-0.2, 0) is 21.8 Å². The molecule has 2 aromatic carbocycles. The number of carbonyl (C=O) groups excluding carboxylic acids is 1. The first-order valence-electron chi connectivity index (χ1n) is 9.31. The summed E-state index contributed by atoms with van der Waals surface area (Å²) < 4.78 is 23.9. The zero-order valence-corrected chi connectivity index (χ0v) is 17.0. The molecule has 27 heavy (non-hydrogen) atoms. The van der Waals surface area contributed by atoms with Gasteiger partial charge in [-0.1, -0.05) is 63.2 Å². The molecule has 1 amide bonds. The molecule has 144 valence electrons. The molecule has 0 N–H and O–H groups in total. The van der Waals surface area contributed by atoms with Crippen LogP contribution in [0.2, 0.25) is 0 Å². The minimum absolute atomic E-state index is 0.0473. The van der Waals surface area contributed by atoms with E-state index in [1.165, 1.54) is 5.56 Å². The number of hydrogen-bond acceptors (Lipinski definition) is 3. The van der Waals surface area contributed by atoms with Gasteiger partial charge in [-0.05, 0) is 35.1 Å². The molecule has 0 aromatic heterocycles. The number of nitrogens with zero attached hydrogens (tertiary/aromatic N) is 1. The van der Waals surface area contributed by atoms with Gasteiger partial charge in [0.25, 0.3) is 5.91 Å². The van der Waals surface area contributed by atoms with Crippen LogP contribution in [0.1, 0.15) is 48.7 Å². The van der Waals surface area contributed by atoms with E-state index < -0.39 is 9.84 Å². The van der Waals surface area contributed by atoms with Gasteiger partial charge >= 0.3 is 0 Å². The monoisotopic (exact) mass is 385 g/mol. The molecule has 0 saturated carbocycles. The molecule has 0 spiro atoms. The zero-order valence-electron chi connectivity index (χ0n) is 16.2. The number of amides is 1. The maximum Gasteiger partial charge on any atom is 0.254 e. The van der Waals surface area contributed by atoms with E-state index in [1.807, 2.05) is 30.3 Å². The Morgan fingerprint density at radius 2 is 1.67 bits per heavy atom. The SMILES string of the molecule is CC(C)(C)c1ccc(CN(C(=O)c2ccccc2)[C@@H]2CCS(=O)(=O)C2)cc1. The summed E-state index contributed by atoms with van der Waals surface area (Å²) in [6.45, 7) is 6.90. The van der Waals surface area contributed by atoms with Crippen LogP contribution in [-0.4, -0.2) is 36.8 Å². The Kier molecular flexibility index (Phi) is 5.43. The second-order valence-electron chi connectivity index (χ2n) is 8.30. The van der Waals surface area contributed by atoms with Crippen molar-refractivity contribution in [2.75, 3.05) is 11.5 Å². The fourth-order valence-corrected chi connectivity index (χ4v) is 5.17. The van der Waals surface area contributed by atoms with E-state index in [4.69, 9.17) is 0 Å². The minimum Gasteiger partial charge on any atom is -0.330 e. The molecular formula is C22H27NO3S. The van der Waals surface area contributed by atoms with Crippen molar-refractivity contribution in [3.05, 3.63) is 71.3 Å². The van der Waals surface area contributed by atoms with Gasteiger partial charge in [-0.3, -0.25) is 4.79 Å². The molecule has 1 aliphatic heterocycles. The van der Waals surface area contributed by atoms with Crippen LogP contribution in [0.15, 0.2) is 54.6 Å². The number of sulfone groups is 1. The van der Waals surface area contributed by atoms with Gasteiger partial charge in [0.2, 0.25) is 0 Å². The molecule has 0 bridgehead atoms. The van der Waals surface area contributed by atoms with Gasteiger partial charge in [-0.15, -0.1) is 0 Å². The minimum atomic E-state index is -3.07. The van der Waals surface area contributed by atoms with Crippen molar-refractivity contribution in [2.45, 2.75) is 45.2 Å². The molecule has 3 rings (SSSR count). The van der Waals surface area contributed by atoms with Crippen LogP contribution in [0.25, 0.3) is 0 Å². The lowest BCUT2D eigenvalue weighted by molar-refractivity contribution is 0.0681. The highest BCUT2D eigenvalue weighted by molar-refractivity contribution is 7.91. The lowest BCUT2D eigenvalue weighted by Gasteiger charge is -2.29. The molecule has 1 heterocycles. The number of rotatable bonds is 4. The third-order valence-corrected chi connectivity index (χ3v) is 6.85. The van der Waals surface area contributed by atoms with Crippen LogP contribution in [0, 0.1) is 0 Å². The van der Waals surface area contributed by atoms with E-state index in [-0.39, 0.29) is 28.9 Å². The molecule has 2 aromatic rings. The summed E-state index contributed by atoms with van der Waals surface area (Å²) in [6, 6.07) is 17.1. The Balaban J connectivity index is 1.87. The number of benzene rings is 2. The van der Waals surface area contributed by atoms with Crippen molar-refractivity contribution >= 4 is 15.7 Å². The summed E-state index contributed by atoms with van der Waals surface area (Å²) in [5.74, 6) is 0.0859. The first kappa shape index (κ1) is 19.6. The average molecular weight is 386 g/mol. The molecule has 0 unspecified atom stereocenters. The van der Waals surface area contributed by atoms with E-state index >= 15 is 0 Å². The summed E-state index contributed by atoms with van der Waals surface area (Å²) in [7, 11) is -3.07. The topological polar surface area (TPSA) is 54.5 Å². The van der Waals surface area contributed by atoms with Crippen LogP contribution in [0.5, 0.6) is 0 Å². The lowest BCUT2D eigenvalue weighted by atomic mass is 9.86. The molecule has 1 aliphatic rings. The highest BCUT2D eigenvalue weighted by Crippen LogP contribution is 2.25. The molecule has 1 atom stereocenters. The Hall–Kier alpha value is -2.14. The van der Waals surface area contributed by atoms with Crippen molar-refractivity contribution in [1.29, 1.82) is 0 Å². The summed E-state index contributed by atoms with van der Waals surface area (Å²) in [5.41, 5.74) is 2.90. The summed E-state index contributed by atoms with van der Waals surface area (Å²) in [6.07, 6.45) is 0.501. The predicted molar refractivity (Wildman–Crippen MR) is 109 cm³/mol.